The SMILES string of the molecule is O=C(Nc1cc(CC2CC2)ccc1Cl)C(c1ccc(Cl)cc1)C1CCC(F)(F)C1.O=C(O)O. The normalized spacial score (nSPS) is 19.8. The lowest BCUT2D eigenvalue weighted by atomic mass is 9.84. The van der Waals surface area contributed by atoms with Crippen LogP contribution in [-0.2, 0) is 11.2 Å². The molecule has 0 bridgehead atoms. The minimum absolute atomic E-state index is 0.188. The Bertz CT molecular complexity index is 992. The molecule has 0 spiro atoms. The fraction of sp³-hybridized carbons (Fsp3) is 0.417. The number of carboxylic acid groups (broad SMARTS) is 2. The molecule has 2 fully saturated rings. The van der Waals surface area contributed by atoms with Crippen molar-refractivity contribution >= 4 is 41.0 Å². The van der Waals surface area contributed by atoms with Crippen LogP contribution >= 0.6 is 23.2 Å². The summed E-state index contributed by atoms with van der Waals surface area (Å²) in [7, 11) is 0. The van der Waals surface area contributed by atoms with E-state index in [0.29, 0.717) is 33.6 Å². The Morgan fingerprint density at radius 3 is 2.24 bits per heavy atom. The molecule has 2 atom stereocenters. The smallest absolute Gasteiger partial charge is 0.450 e. The summed E-state index contributed by atoms with van der Waals surface area (Å²) < 4.78 is 27.8. The Labute approximate surface area is 200 Å². The molecule has 9 heteroatoms. The Balaban J connectivity index is 0.000000709. The van der Waals surface area contributed by atoms with Gasteiger partial charge in [0.2, 0.25) is 11.8 Å². The number of rotatable bonds is 6. The van der Waals surface area contributed by atoms with E-state index in [0.717, 1.165) is 12.0 Å². The van der Waals surface area contributed by atoms with Gasteiger partial charge in [0.1, 0.15) is 0 Å². The van der Waals surface area contributed by atoms with Crippen LogP contribution in [0.25, 0.3) is 0 Å². The van der Waals surface area contributed by atoms with Crippen LogP contribution in [0.4, 0.5) is 19.3 Å². The Kier molecular flexibility index (Phi) is 8.19. The second-order valence-electron chi connectivity index (χ2n) is 8.62. The van der Waals surface area contributed by atoms with E-state index >= 15 is 0 Å². The summed E-state index contributed by atoms with van der Waals surface area (Å²) in [5, 5.41) is 17.8. The predicted octanol–water partition coefficient (Wildman–Crippen LogP) is 7.33. The fourth-order valence-corrected chi connectivity index (χ4v) is 4.53. The molecule has 2 unspecified atom stereocenters. The molecule has 1 amide bonds. The van der Waals surface area contributed by atoms with Crippen LogP contribution in [-0.4, -0.2) is 28.2 Å². The van der Waals surface area contributed by atoms with Crippen molar-refractivity contribution in [3.05, 3.63) is 63.6 Å². The predicted molar refractivity (Wildman–Crippen MR) is 124 cm³/mol. The average Bonchev–Trinajstić information content (AvgIpc) is 3.47. The summed E-state index contributed by atoms with van der Waals surface area (Å²) in [4.78, 5) is 21.8. The second kappa shape index (κ2) is 10.7. The first kappa shape index (κ1) is 25.2. The first-order valence-electron chi connectivity index (χ1n) is 10.7. The lowest BCUT2D eigenvalue weighted by Gasteiger charge is -2.24. The van der Waals surface area contributed by atoms with Crippen molar-refractivity contribution in [1.29, 1.82) is 0 Å². The van der Waals surface area contributed by atoms with E-state index < -0.39 is 23.9 Å². The molecule has 2 aliphatic rings. The molecule has 0 heterocycles. The first-order valence-corrected chi connectivity index (χ1v) is 11.4. The molecule has 3 N–H and O–H groups in total. The van der Waals surface area contributed by atoms with Gasteiger partial charge in [0.05, 0.1) is 16.6 Å². The number of hydrogen-bond acceptors (Lipinski definition) is 2. The van der Waals surface area contributed by atoms with E-state index in [1.807, 2.05) is 12.1 Å². The number of carbonyl (C=O) groups excluding carboxylic acids is 1. The van der Waals surface area contributed by atoms with Crippen LogP contribution in [0.15, 0.2) is 42.5 Å². The molecule has 2 aromatic carbocycles. The highest BCUT2D eigenvalue weighted by Gasteiger charge is 2.45. The second-order valence-corrected chi connectivity index (χ2v) is 9.47. The maximum atomic E-state index is 13.9. The Morgan fingerprint density at radius 1 is 1.06 bits per heavy atom. The molecule has 178 valence electrons. The number of alkyl halides is 2. The Hall–Kier alpha value is -2.38. The highest BCUT2D eigenvalue weighted by atomic mass is 35.5. The summed E-state index contributed by atoms with van der Waals surface area (Å²) in [6, 6.07) is 12.5. The van der Waals surface area contributed by atoms with Gasteiger partial charge in [0.15, 0.2) is 0 Å². The van der Waals surface area contributed by atoms with E-state index in [9.17, 15) is 13.6 Å². The van der Waals surface area contributed by atoms with E-state index in [2.05, 4.69) is 5.32 Å². The molecule has 5 nitrogen and oxygen atoms in total. The molecule has 0 aliphatic heterocycles. The molecule has 33 heavy (non-hydrogen) atoms. The van der Waals surface area contributed by atoms with Crippen molar-refractivity contribution in [1.82, 2.24) is 0 Å². The van der Waals surface area contributed by atoms with Crippen LogP contribution < -0.4 is 5.32 Å². The van der Waals surface area contributed by atoms with Gasteiger partial charge < -0.3 is 15.5 Å². The number of carbonyl (C=O) groups is 2. The number of benzene rings is 2. The first-order chi connectivity index (χ1) is 15.5. The maximum Gasteiger partial charge on any atom is 0.503 e. The number of amides is 1. The largest absolute Gasteiger partial charge is 0.503 e. The number of hydrogen-bond donors (Lipinski definition) is 3. The zero-order chi connectivity index (χ0) is 24.2. The molecule has 2 aliphatic carbocycles. The molecule has 2 saturated carbocycles. The van der Waals surface area contributed by atoms with Crippen molar-refractivity contribution in [3.63, 3.8) is 0 Å². The van der Waals surface area contributed by atoms with Crippen LogP contribution in [0.5, 0.6) is 0 Å². The molecule has 2 aromatic rings. The maximum absolute atomic E-state index is 13.9. The van der Waals surface area contributed by atoms with Crippen molar-refractivity contribution in [3.8, 4) is 0 Å². The van der Waals surface area contributed by atoms with Gasteiger partial charge in [-0.05, 0) is 72.9 Å². The minimum atomic E-state index is -2.72. The van der Waals surface area contributed by atoms with Crippen molar-refractivity contribution in [2.24, 2.45) is 11.8 Å². The van der Waals surface area contributed by atoms with E-state index in [4.69, 9.17) is 38.2 Å². The van der Waals surface area contributed by atoms with Gasteiger partial charge in [0.25, 0.3) is 0 Å². The Morgan fingerprint density at radius 2 is 1.70 bits per heavy atom. The molecule has 4 rings (SSSR count). The summed E-state index contributed by atoms with van der Waals surface area (Å²) in [5.41, 5.74) is 2.36. The van der Waals surface area contributed by atoms with Gasteiger partial charge in [-0.2, -0.15) is 0 Å². The van der Waals surface area contributed by atoms with Crippen molar-refractivity contribution < 1.29 is 28.6 Å². The monoisotopic (exact) mass is 499 g/mol. The van der Waals surface area contributed by atoms with Crippen LogP contribution in [0.1, 0.15) is 49.1 Å². The highest BCUT2D eigenvalue weighted by Crippen LogP contribution is 2.46. The molecule has 0 saturated heterocycles. The van der Waals surface area contributed by atoms with Crippen LogP contribution in [0.3, 0.4) is 0 Å². The van der Waals surface area contributed by atoms with Crippen molar-refractivity contribution in [2.75, 3.05) is 5.32 Å². The van der Waals surface area contributed by atoms with Gasteiger partial charge in [-0.3, -0.25) is 4.79 Å². The standard InChI is InChI=1S/C23H23Cl2F2NO.CH2O3/c24-18-6-4-16(5-7-18)21(17-9-10-23(26,27)13-17)22(29)28-20-12-15(3-8-19(20)25)11-14-1-2-14;2-1(3)4/h3-8,12,14,17,21H,1-2,9-11,13H2,(H,28,29);(H2,2,3,4). The van der Waals surface area contributed by atoms with Gasteiger partial charge in [-0.1, -0.05) is 41.4 Å². The van der Waals surface area contributed by atoms with E-state index in [1.54, 1.807) is 30.3 Å². The van der Waals surface area contributed by atoms with Gasteiger partial charge in [-0.15, -0.1) is 0 Å². The zero-order valence-electron chi connectivity index (χ0n) is 17.7. The van der Waals surface area contributed by atoms with E-state index in [1.165, 1.54) is 12.8 Å². The van der Waals surface area contributed by atoms with Gasteiger partial charge in [-0.25, -0.2) is 13.6 Å². The lowest BCUT2D eigenvalue weighted by molar-refractivity contribution is -0.118. The number of nitrogens with one attached hydrogen (secondary N) is 1. The molecule has 0 radical (unpaired) electrons. The molecular weight excluding hydrogens is 475 g/mol. The summed E-state index contributed by atoms with van der Waals surface area (Å²) in [5.74, 6) is -3.43. The lowest BCUT2D eigenvalue weighted by Crippen LogP contribution is -2.27. The third-order valence-corrected chi connectivity index (χ3v) is 6.52. The summed E-state index contributed by atoms with van der Waals surface area (Å²) >= 11 is 12.3. The summed E-state index contributed by atoms with van der Waals surface area (Å²) in [6.45, 7) is 0. The van der Waals surface area contributed by atoms with Gasteiger partial charge >= 0.3 is 6.16 Å². The zero-order valence-corrected chi connectivity index (χ0v) is 19.3. The minimum Gasteiger partial charge on any atom is -0.450 e. The fourth-order valence-electron chi connectivity index (χ4n) is 4.24. The van der Waals surface area contributed by atoms with Crippen LogP contribution in [0, 0.1) is 11.8 Å². The number of halogens is 4. The number of anilines is 1. The quantitative estimate of drug-likeness (QED) is 0.388. The topological polar surface area (TPSA) is 86.6 Å². The van der Waals surface area contributed by atoms with Gasteiger partial charge in [0, 0.05) is 17.9 Å². The third kappa shape index (κ3) is 7.57. The average molecular weight is 500 g/mol. The molecular formula is C24H25Cl2F2NO4. The van der Waals surface area contributed by atoms with Crippen molar-refractivity contribution in [2.45, 2.75) is 50.4 Å². The molecule has 0 aromatic heterocycles. The third-order valence-electron chi connectivity index (χ3n) is 5.93. The van der Waals surface area contributed by atoms with Crippen LogP contribution in [0.2, 0.25) is 10.0 Å². The van der Waals surface area contributed by atoms with E-state index in [-0.39, 0.29) is 18.7 Å². The summed E-state index contributed by atoms with van der Waals surface area (Å²) in [6.07, 6.45) is 1.44. The highest BCUT2D eigenvalue weighted by molar-refractivity contribution is 6.33.